The molecular formula is C23H21N3O3S. The number of fused-ring (bicyclic) bond motifs is 1. The maximum absolute atomic E-state index is 13.1. The molecule has 0 spiro atoms. The highest BCUT2D eigenvalue weighted by molar-refractivity contribution is 7.22. The molecule has 0 saturated heterocycles. The maximum Gasteiger partial charge on any atom is 0.267 e. The van der Waals surface area contributed by atoms with E-state index in [1.54, 1.807) is 48.7 Å². The third-order valence-corrected chi connectivity index (χ3v) is 5.67. The molecule has 4 aromatic rings. The van der Waals surface area contributed by atoms with Crippen LogP contribution in [-0.2, 0) is 11.3 Å². The molecule has 4 rings (SSSR count). The van der Waals surface area contributed by atoms with Gasteiger partial charge in [0, 0.05) is 12.4 Å². The van der Waals surface area contributed by atoms with E-state index in [1.807, 2.05) is 37.3 Å². The first-order valence-corrected chi connectivity index (χ1v) is 10.3. The van der Waals surface area contributed by atoms with Crippen molar-refractivity contribution < 1.29 is 14.3 Å². The van der Waals surface area contributed by atoms with Crippen molar-refractivity contribution in [2.75, 3.05) is 18.6 Å². The van der Waals surface area contributed by atoms with Crippen LogP contribution in [0.5, 0.6) is 11.5 Å². The average molecular weight is 420 g/mol. The van der Waals surface area contributed by atoms with Gasteiger partial charge in [-0.1, -0.05) is 29.5 Å². The van der Waals surface area contributed by atoms with Gasteiger partial charge in [0.2, 0.25) is 0 Å². The summed E-state index contributed by atoms with van der Waals surface area (Å²) in [7, 11) is 1.61. The Labute approximate surface area is 178 Å². The highest BCUT2D eigenvalue weighted by atomic mass is 32.1. The molecule has 152 valence electrons. The molecule has 0 radical (unpaired) electrons. The number of rotatable bonds is 7. The van der Waals surface area contributed by atoms with Crippen LogP contribution < -0.4 is 14.4 Å². The normalized spacial score (nSPS) is 10.7. The predicted molar refractivity (Wildman–Crippen MR) is 118 cm³/mol. The number of nitrogens with zero attached hydrogens (tertiary/aromatic N) is 3. The van der Waals surface area contributed by atoms with Crippen molar-refractivity contribution in [2.45, 2.75) is 13.5 Å². The molecule has 0 unspecified atom stereocenters. The Morgan fingerprint density at radius 1 is 1.07 bits per heavy atom. The lowest BCUT2D eigenvalue weighted by Crippen LogP contribution is -2.34. The quantitative estimate of drug-likeness (QED) is 0.437. The highest BCUT2D eigenvalue weighted by Crippen LogP contribution is 2.31. The van der Waals surface area contributed by atoms with Gasteiger partial charge in [-0.2, -0.15) is 0 Å². The molecule has 0 aliphatic rings. The number of hydrogen-bond donors (Lipinski definition) is 0. The molecule has 7 heteroatoms. The number of benzene rings is 2. The Morgan fingerprint density at radius 3 is 2.57 bits per heavy atom. The Kier molecular flexibility index (Phi) is 5.90. The van der Waals surface area contributed by atoms with Crippen LogP contribution in [0.15, 0.2) is 67.0 Å². The summed E-state index contributed by atoms with van der Waals surface area (Å²) < 4.78 is 11.9. The first kappa shape index (κ1) is 19.8. The molecule has 0 bridgehead atoms. The Bertz CT molecular complexity index is 1140. The van der Waals surface area contributed by atoms with Crippen LogP contribution >= 0.6 is 11.3 Å². The molecule has 0 saturated carbocycles. The lowest BCUT2D eigenvalue weighted by Gasteiger charge is -2.20. The molecule has 1 amide bonds. The number of anilines is 1. The van der Waals surface area contributed by atoms with E-state index in [9.17, 15) is 4.79 Å². The molecule has 2 aromatic carbocycles. The molecule has 2 heterocycles. The largest absolute Gasteiger partial charge is 0.497 e. The standard InChI is InChI=1S/C23H21N3O3S/c1-16-5-3-7-20-22(16)25-23(30-20)26(14-17-6-4-12-24-13-17)21(27)15-29-19-10-8-18(28-2)9-11-19/h3-13H,14-15H2,1-2H3. The van der Waals surface area contributed by atoms with E-state index in [0.29, 0.717) is 17.4 Å². The fraction of sp³-hybridized carbons (Fsp3) is 0.174. The summed E-state index contributed by atoms with van der Waals surface area (Å²) in [5, 5.41) is 0.645. The molecular weight excluding hydrogens is 398 g/mol. The Hall–Kier alpha value is -3.45. The summed E-state index contributed by atoms with van der Waals surface area (Å²) in [5.41, 5.74) is 2.92. The second-order valence-electron chi connectivity index (χ2n) is 6.72. The number of hydrogen-bond acceptors (Lipinski definition) is 6. The van der Waals surface area contributed by atoms with Crippen molar-refractivity contribution >= 4 is 32.6 Å². The van der Waals surface area contributed by atoms with Crippen molar-refractivity contribution in [3.05, 3.63) is 78.1 Å². The van der Waals surface area contributed by atoms with E-state index in [2.05, 4.69) is 4.98 Å². The third-order valence-electron chi connectivity index (χ3n) is 4.63. The fourth-order valence-electron chi connectivity index (χ4n) is 3.02. The summed E-state index contributed by atoms with van der Waals surface area (Å²) >= 11 is 1.50. The number of carbonyl (C=O) groups is 1. The van der Waals surface area contributed by atoms with Gasteiger partial charge in [0.05, 0.1) is 23.9 Å². The van der Waals surface area contributed by atoms with Crippen LogP contribution in [-0.4, -0.2) is 29.6 Å². The molecule has 0 aliphatic heterocycles. The summed E-state index contributed by atoms with van der Waals surface area (Å²) in [6, 6.07) is 17.0. The second kappa shape index (κ2) is 8.92. The SMILES string of the molecule is COc1ccc(OCC(=O)N(Cc2cccnc2)c2nc3c(C)cccc3s2)cc1. The zero-order valence-electron chi connectivity index (χ0n) is 16.7. The molecule has 0 atom stereocenters. The number of carbonyl (C=O) groups excluding carboxylic acids is 1. The van der Waals surface area contributed by atoms with Crippen LogP contribution in [0.3, 0.4) is 0 Å². The van der Waals surface area contributed by atoms with E-state index in [-0.39, 0.29) is 12.5 Å². The number of aryl methyl sites for hydroxylation is 1. The number of ether oxygens (including phenoxy) is 2. The smallest absolute Gasteiger partial charge is 0.267 e. The minimum absolute atomic E-state index is 0.0957. The van der Waals surface area contributed by atoms with Gasteiger partial charge in [-0.3, -0.25) is 14.7 Å². The molecule has 0 aliphatic carbocycles. The highest BCUT2D eigenvalue weighted by Gasteiger charge is 2.21. The Morgan fingerprint density at radius 2 is 1.87 bits per heavy atom. The van der Waals surface area contributed by atoms with Crippen molar-refractivity contribution in [3.8, 4) is 11.5 Å². The van der Waals surface area contributed by atoms with E-state index in [1.165, 1.54) is 11.3 Å². The molecule has 2 aromatic heterocycles. The second-order valence-corrected chi connectivity index (χ2v) is 7.73. The zero-order valence-corrected chi connectivity index (χ0v) is 17.6. The van der Waals surface area contributed by atoms with Gasteiger partial charge in [-0.05, 0) is 54.4 Å². The van der Waals surface area contributed by atoms with Crippen LogP contribution in [0.25, 0.3) is 10.2 Å². The fourth-order valence-corrected chi connectivity index (χ4v) is 4.08. The lowest BCUT2D eigenvalue weighted by molar-refractivity contribution is -0.120. The van der Waals surface area contributed by atoms with Crippen LogP contribution in [0.4, 0.5) is 5.13 Å². The maximum atomic E-state index is 13.1. The predicted octanol–water partition coefficient (Wildman–Crippen LogP) is 4.62. The van der Waals surface area contributed by atoms with Gasteiger partial charge in [0.1, 0.15) is 11.5 Å². The monoisotopic (exact) mass is 419 g/mol. The van der Waals surface area contributed by atoms with Crippen molar-refractivity contribution in [1.29, 1.82) is 0 Å². The van der Waals surface area contributed by atoms with Gasteiger partial charge in [-0.25, -0.2) is 4.98 Å². The van der Waals surface area contributed by atoms with E-state index < -0.39 is 0 Å². The third kappa shape index (κ3) is 4.41. The summed E-state index contributed by atoms with van der Waals surface area (Å²) in [5.74, 6) is 1.16. The Balaban J connectivity index is 1.58. The number of pyridine rings is 1. The van der Waals surface area contributed by atoms with Gasteiger partial charge in [0.25, 0.3) is 5.91 Å². The summed E-state index contributed by atoms with van der Waals surface area (Å²) in [6.45, 7) is 2.30. The first-order valence-electron chi connectivity index (χ1n) is 9.46. The minimum atomic E-state index is -0.175. The van der Waals surface area contributed by atoms with Gasteiger partial charge >= 0.3 is 0 Å². The van der Waals surface area contributed by atoms with Gasteiger partial charge in [-0.15, -0.1) is 0 Å². The molecule has 0 fully saturated rings. The van der Waals surface area contributed by atoms with Crippen molar-refractivity contribution in [3.63, 3.8) is 0 Å². The minimum Gasteiger partial charge on any atom is -0.497 e. The van der Waals surface area contributed by atoms with Crippen LogP contribution in [0.2, 0.25) is 0 Å². The first-order chi connectivity index (χ1) is 14.6. The van der Waals surface area contributed by atoms with E-state index >= 15 is 0 Å². The average Bonchev–Trinajstić information content (AvgIpc) is 3.22. The lowest BCUT2D eigenvalue weighted by atomic mass is 10.2. The van der Waals surface area contributed by atoms with Crippen molar-refractivity contribution in [2.24, 2.45) is 0 Å². The van der Waals surface area contributed by atoms with Crippen LogP contribution in [0.1, 0.15) is 11.1 Å². The van der Waals surface area contributed by atoms with Gasteiger partial charge in [0.15, 0.2) is 11.7 Å². The van der Waals surface area contributed by atoms with E-state index in [4.69, 9.17) is 14.5 Å². The molecule has 30 heavy (non-hydrogen) atoms. The van der Waals surface area contributed by atoms with E-state index in [0.717, 1.165) is 27.1 Å². The number of para-hydroxylation sites is 1. The number of amides is 1. The molecule has 6 nitrogen and oxygen atoms in total. The summed E-state index contributed by atoms with van der Waals surface area (Å²) in [6.07, 6.45) is 3.46. The number of aromatic nitrogens is 2. The van der Waals surface area contributed by atoms with Crippen molar-refractivity contribution in [1.82, 2.24) is 9.97 Å². The summed E-state index contributed by atoms with van der Waals surface area (Å²) in [4.78, 5) is 23.7. The molecule has 0 N–H and O–H groups in total. The number of methoxy groups -OCH3 is 1. The number of thiazole rings is 1. The van der Waals surface area contributed by atoms with Crippen LogP contribution in [0, 0.1) is 6.92 Å². The zero-order chi connectivity index (χ0) is 20.9. The topological polar surface area (TPSA) is 64.6 Å². The van der Waals surface area contributed by atoms with Gasteiger partial charge < -0.3 is 9.47 Å².